The first-order valence-electron chi connectivity index (χ1n) is 12.0. The fourth-order valence-electron chi connectivity index (χ4n) is 3.99. The number of hydrogen-bond donors (Lipinski definition) is 6. The zero-order valence-electron chi connectivity index (χ0n) is 21.3. The van der Waals surface area contributed by atoms with Gasteiger partial charge in [-0.25, -0.2) is 19.2 Å². The molecule has 2 amide bonds. The SMILES string of the molecule is O=C(O)c1ccc(NC(=O)c2ccc(-c3ccc(C(=O)Nc4ccc(C(=O)O)cc4)c(C(=O)O)c3)cc2C(=O)O)cc1. The molecule has 0 radical (unpaired) electrons. The maximum absolute atomic E-state index is 12.8. The molecule has 0 unspecified atom stereocenters. The lowest BCUT2D eigenvalue weighted by Gasteiger charge is -2.12. The number of anilines is 2. The highest BCUT2D eigenvalue weighted by Gasteiger charge is 2.21. The summed E-state index contributed by atoms with van der Waals surface area (Å²) in [4.78, 5) is 71.7. The number of aromatic carboxylic acids is 4. The third kappa shape index (κ3) is 6.29. The standard InChI is InChI=1S/C30H20N2O10/c33-25(31-19-7-1-15(2-8-19)27(35)36)21-11-5-17(13-23(21)29(39)40)18-6-12-22(24(14-18)30(41)42)26(34)32-20-9-3-16(4-10-20)28(37)38/h1-14H,(H,31,33)(H,32,34)(H,35,36)(H,37,38)(H,39,40)(H,41,42). The van der Waals surface area contributed by atoms with Crippen LogP contribution in [0, 0.1) is 0 Å². The Bertz CT molecular complexity index is 1630. The number of carboxylic acids is 4. The molecule has 4 aromatic rings. The molecule has 12 nitrogen and oxygen atoms in total. The van der Waals surface area contributed by atoms with Crippen LogP contribution in [0.5, 0.6) is 0 Å². The second-order valence-corrected chi connectivity index (χ2v) is 8.80. The molecule has 42 heavy (non-hydrogen) atoms. The fourth-order valence-corrected chi connectivity index (χ4v) is 3.99. The van der Waals surface area contributed by atoms with Crippen LogP contribution in [0.2, 0.25) is 0 Å². The highest BCUT2D eigenvalue weighted by molar-refractivity contribution is 6.12. The molecule has 0 fully saturated rings. The van der Waals surface area contributed by atoms with Crippen molar-refractivity contribution < 1.29 is 49.2 Å². The molecule has 0 spiro atoms. The van der Waals surface area contributed by atoms with E-state index in [1.165, 1.54) is 84.9 Å². The van der Waals surface area contributed by atoms with Gasteiger partial charge in [0.25, 0.3) is 11.8 Å². The van der Waals surface area contributed by atoms with E-state index in [2.05, 4.69) is 10.6 Å². The third-order valence-corrected chi connectivity index (χ3v) is 6.10. The summed E-state index contributed by atoms with van der Waals surface area (Å²) < 4.78 is 0. The first-order valence-corrected chi connectivity index (χ1v) is 12.0. The average molecular weight is 568 g/mol. The number of carbonyl (C=O) groups excluding carboxylic acids is 2. The highest BCUT2D eigenvalue weighted by atomic mass is 16.4. The highest BCUT2D eigenvalue weighted by Crippen LogP contribution is 2.27. The van der Waals surface area contributed by atoms with Crippen LogP contribution in [0.3, 0.4) is 0 Å². The lowest BCUT2D eigenvalue weighted by atomic mass is 9.95. The molecule has 0 aliphatic rings. The average Bonchev–Trinajstić information content (AvgIpc) is 2.97. The summed E-state index contributed by atoms with van der Waals surface area (Å²) in [6.07, 6.45) is 0. The van der Waals surface area contributed by atoms with Crippen LogP contribution in [-0.2, 0) is 0 Å². The molecular weight excluding hydrogens is 548 g/mol. The monoisotopic (exact) mass is 568 g/mol. The maximum Gasteiger partial charge on any atom is 0.336 e. The molecule has 210 valence electrons. The molecule has 4 rings (SSSR count). The molecule has 6 N–H and O–H groups in total. The number of carboxylic acid groups (broad SMARTS) is 4. The van der Waals surface area contributed by atoms with Crippen LogP contribution >= 0.6 is 0 Å². The Morgan fingerprint density at radius 3 is 1.02 bits per heavy atom. The van der Waals surface area contributed by atoms with Gasteiger partial charge in [-0.1, -0.05) is 12.1 Å². The van der Waals surface area contributed by atoms with E-state index < -0.39 is 35.7 Å². The number of carbonyl (C=O) groups is 6. The molecule has 12 heteroatoms. The van der Waals surface area contributed by atoms with E-state index in [9.17, 15) is 39.0 Å². The number of nitrogens with one attached hydrogen (secondary N) is 2. The van der Waals surface area contributed by atoms with Gasteiger partial charge in [0, 0.05) is 11.4 Å². The van der Waals surface area contributed by atoms with Crippen molar-refractivity contribution in [3.63, 3.8) is 0 Å². The fraction of sp³-hybridized carbons (Fsp3) is 0. The summed E-state index contributed by atoms with van der Waals surface area (Å²) in [7, 11) is 0. The first kappa shape index (κ1) is 28.7. The molecule has 0 aliphatic carbocycles. The van der Waals surface area contributed by atoms with Crippen molar-refractivity contribution in [1.29, 1.82) is 0 Å². The Balaban J connectivity index is 1.61. The number of hydrogen-bond acceptors (Lipinski definition) is 6. The second kappa shape index (κ2) is 11.8. The van der Waals surface area contributed by atoms with Gasteiger partial charge in [0.2, 0.25) is 0 Å². The van der Waals surface area contributed by atoms with Crippen LogP contribution in [0.15, 0.2) is 84.9 Å². The van der Waals surface area contributed by atoms with Crippen LogP contribution in [-0.4, -0.2) is 56.1 Å². The number of rotatable bonds is 9. The lowest BCUT2D eigenvalue weighted by Crippen LogP contribution is -2.17. The largest absolute Gasteiger partial charge is 0.478 e. The summed E-state index contributed by atoms with van der Waals surface area (Å²) >= 11 is 0. The van der Waals surface area contributed by atoms with Crippen LogP contribution in [0.1, 0.15) is 62.1 Å². The van der Waals surface area contributed by atoms with Crippen molar-refractivity contribution in [2.45, 2.75) is 0 Å². The Labute approximate surface area is 236 Å². The Morgan fingerprint density at radius 2 is 0.738 bits per heavy atom. The molecule has 0 bridgehead atoms. The summed E-state index contributed by atoms with van der Waals surface area (Å²) in [6.45, 7) is 0. The molecule has 0 aliphatic heterocycles. The Kier molecular flexibility index (Phi) is 8.09. The van der Waals surface area contributed by atoms with Gasteiger partial charge in [-0.2, -0.15) is 0 Å². The van der Waals surface area contributed by atoms with E-state index in [4.69, 9.17) is 10.2 Å². The quantitative estimate of drug-likeness (QED) is 0.165. The van der Waals surface area contributed by atoms with Crippen LogP contribution in [0.4, 0.5) is 11.4 Å². The van der Waals surface area contributed by atoms with Crippen molar-refractivity contribution in [2.75, 3.05) is 10.6 Å². The number of amides is 2. The van der Waals surface area contributed by atoms with Crippen LogP contribution < -0.4 is 10.6 Å². The van der Waals surface area contributed by atoms with E-state index in [0.29, 0.717) is 0 Å². The topological polar surface area (TPSA) is 207 Å². The van der Waals surface area contributed by atoms with E-state index in [1.807, 2.05) is 0 Å². The minimum atomic E-state index is -1.42. The normalized spacial score (nSPS) is 10.4. The molecule has 0 atom stereocenters. The van der Waals surface area contributed by atoms with Crippen LogP contribution in [0.25, 0.3) is 11.1 Å². The second-order valence-electron chi connectivity index (χ2n) is 8.80. The van der Waals surface area contributed by atoms with Crippen molar-refractivity contribution in [2.24, 2.45) is 0 Å². The van der Waals surface area contributed by atoms with Gasteiger partial charge in [0.15, 0.2) is 0 Å². The van der Waals surface area contributed by atoms with Crippen molar-refractivity contribution in [3.8, 4) is 11.1 Å². The Morgan fingerprint density at radius 1 is 0.405 bits per heavy atom. The van der Waals surface area contributed by atoms with Gasteiger partial charge >= 0.3 is 23.9 Å². The van der Waals surface area contributed by atoms with Gasteiger partial charge in [-0.15, -0.1) is 0 Å². The molecule has 0 heterocycles. The molecule has 4 aromatic carbocycles. The minimum absolute atomic E-state index is 0.00204. The predicted molar refractivity (Wildman–Crippen MR) is 149 cm³/mol. The van der Waals surface area contributed by atoms with Gasteiger partial charge in [-0.05, 0) is 83.9 Å². The third-order valence-electron chi connectivity index (χ3n) is 6.10. The van der Waals surface area contributed by atoms with Crippen molar-refractivity contribution in [1.82, 2.24) is 0 Å². The number of benzene rings is 4. The summed E-state index contributed by atoms with van der Waals surface area (Å²) in [5.41, 5.74) is -0.155. The zero-order valence-corrected chi connectivity index (χ0v) is 21.3. The van der Waals surface area contributed by atoms with Gasteiger partial charge in [0.05, 0.1) is 33.4 Å². The van der Waals surface area contributed by atoms with Gasteiger partial charge in [-0.3, -0.25) is 9.59 Å². The van der Waals surface area contributed by atoms with E-state index in [-0.39, 0.29) is 55.9 Å². The summed E-state index contributed by atoms with van der Waals surface area (Å²) in [6, 6.07) is 18.2. The molecular formula is C30H20N2O10. The molecule has 0 saturated heterocycles. The summed E-state index contributed by atoms with van der Waals surface area (Å²) in [5.74, 6) is -6.68. The zero-order chi connectivity index (χ0) is 30.6. The smallest absolute Gasteiger partial charge is 0.336 e. The first-order chi connectivity index (χ1) is 19.9. The molecule has 0 aromatic heterocycles. The van der Waals surface area contributed by atoms with Gasteiger partial charge < -0.3 is 31.1 Å². The van der Waals surface area contributed by atoms with Crippen molar-refractivity contribution in [3.05, 3.63) is 118 Å². The van der Waals surface area contributed by atoms with Gasteiger partial charge in [0.1, 0.15) is 0 Å². The van der Waals surface area contributed by atoms with Crippen molar-refractivity contribution >= 4 is 47.1 Å². The lowest BCUT2D eigenvalue weighted by molar-refractivity contribution is 0.0683. The predicted octanol–water partition coefficient (Wildman–Crippen LogP) is 4.65. The Hall–Kier alpha value is -6.30. The van der Waals surface area contributed by atoms with E-state index in [0.717, 1.165) is 0 Å². The molecule has 0 saturated carbocycles. The minimum Gasteiger partial charge on any atom is -0.478 e. The summed E-state index contributed by atoms with van der Waals surface area (Å²) in [5, 5.41) is 42.6. The van der Waals surface area contributed by atoms with E-state index in [1.54, 1.807) is 0 Å². The maximum atomic E-state index is 12.8. The van der Waals surface area contributed by atoms with E-state index >= 15 is 0 Å².